The van der Waals surface area contributed by atoms with Crippen molar-refractivity contribution >= 4 is 13.8 Å². The molecule has 0 aromatic carbocycles. The first-order valence-electron chi connectivity index (χ1n) is 28.1. The maximum atomic E-state index is 12.9. The van der Waals surface area contributed by atoms with E-state index in [9.17, 15) is 39.8 Å². The van der Waals surface area contributed by atoms with Gasteiger partial charge in [0.1, 0.15) is 42.7 Å². The van der Waals surface area contributed by atoms with Crippen LogP contribution in [0, 0.1) is 0 Å². The van der Waals surface area contributed by atoms with E-state index >= 15 is 0 Å². The van der Waals surface area contributed by atoms with Crippen molar-refractivity contribution in [1.29, 1.82) is 0 Å². The Morgan fingerprint density at radius 1 is 0.471 bits per heavy atom. The average Bonchev–Trinajstić information content (AvgIpc) is 3.35. The molecule has 0 saturated heterocycles. The van der Waals surface area contributed by atoms with E-state index in [1.807, 2.05) is 0 Å². The highest BCUT2D eigenvalue weighted by Gasteiger charge is 2.51. The molecule has 6 atom stereocenters. The van der Waals surface area contributed by atoms with Gasteiger partial charge in [-0.05, 0) is 57.8 Å². The maximum absolute atomic E-state index is 12.9. The Bertz CT molecular complexity index is 1380. The van der Waals surface area contributed by atoms with Crippen LogP contribution < -0.4 is 0 Å². The fourth-order valence-corrected chi connectivity index (χ4v) is 9.47. The van der Waals surface area contributed by atoms with Crippen LogP contribution in [0.1, 0.15) is 232 Å². The summed E-state index contributed by atoms with van der Waals surface area (Å²) in [5.41, 5.74) is 0. The maximum Gasteiger partial charge on any atom is 0.472 e. The molecule has 1 fully saturated rings. The molecule has 12 nitrogen and oxygen atoms in total. The molecule has 0 spiro atoms. The van der Waals surface area contributed by atoms with Crippen LogP contribution in [0.25, 0.3) is 0 Å². The van der Waals surface area contributed by atoms with Crippen LogP contribution in [0.4, 0.5) is 0 Å². The van der Waals surface area contributed by atoms with E-state index in [4.69, 9.17) is 18.5 Å². The minimum atomic E-state index is -5.03. The number of carbonyl (C=O) groups is 1. The van der Waals surface area contributed by atoms with Crippen molar-refractivity contribution in [1.82, 2.24) is 0 Å². The van der Waals surface area contributed by atoms with Crippen molar-refractivity contribution in [2.75, 3.05) is 19.8 Å². The normalized spacial score (nSPS) is 21.3. The molecule has 0 aromatic heterocycles. The summed E-state index contributed by atoms with van der Waals surface area (Å²) in [6.07, 6.45) is 48.6. The predicted molar refractivity (Wildman–Crippen MR) is 285 cm³/mol. The van der Waals surface area contributed by atoms with Gasteiger partial charge in [0.25, 0.3) is 0 Å². The zero-order chi connectivity index (χ0) is 51.2. The van der Waals surface area contributed by atoms with Gasteiger partial charge in [-0.3, -0.25) is 13.8 Å². The Hall–Kier alpha value is -1.96. The molecule has 408 valence electrons. The number of esters is 1. The second kappa shape index (κ2) is 46.8. The molecule has 0 heterocycles. The Labute approximate surface area is 426 Å². The lowest BCUT2D eigenvalue weighted by molar-refractivity contribution is -0.220. The van der Waals surface area contributed by atoms with Crippen LogP contribution in [0.15, 0.2) is 60.8 Å². The van der Waals surface area contributed by atoms with Crippen LogP contribution >= 0.6 is 7.82 Å². The highest BCUT2D eigenvalue weighted by molar-refractivity contribution is 7.47. The predicted octanol–water partition coefficient (Wildman–Crippen LogP) is 13.3. The Morgan fingerprint density at radius 2 is 0.843 bits per heavy atom. The zero-order valence-electron chi connectivity index (χ0n) is 44.1. The number of aliphatic hydroxyl groups excluding tert-OH is 5. The largest absolute Gasteiger partial charge is 0.472 e. The van der Waals surface area contributed by atoms with E-state index in [2.05, 4.69) is 74.6 Å². The summed E-state index contributed by atoms with van der Waals surface area (Å²) >= 11 is 0. The molecule has 1 aliphatic rings. The van der Waals surface area contributed by atoms with Crippen molar-refractivity contribution in [3.05, 3.63) is 60.8 Å². The number of unbranched alkanes of at least 4 members (excludes halogenated alkanes) is 26. The van der Waals surface area contributed by atoms with E-state index in [0.717, 1.165) is 96.3 Å². The lowest BCUT2D eigenvalue weighted by atomic mass is 9.85. The van der Waals surface area contributed by atoms with Gasteiger partial charge in [0, 0.05) is 13.0 Å². The first-order chi connectivity index (χ1) is 34.0. The van der Waals surface area contributed by atoms with Crippen molar-refractivity contribution in [2.24, 2.45) is 0 Å². The molecule has 0 aromatic rings. The SMILES string of the molecule is CC/C=C\C/C=C\C/C=C\C/C=C\C/C=C\CCCCCCCCOCC(COP(=O)(O)OC1C(O)C(O)C(O)C(O)C1O)OC(=O)CCCCCCCCCCCCCCCCCCCCCCC. The molecule has 70 heavy (non-hydrogen) atoms. The van der Waals surface area contributed by atoms with Gasteiger partial charge in [-0.15, -0.1) is 0 Å². The third kappa shape index (κ3) is 37.7. The number of ether oxygens (including phenoxy) is 2. The quantitative estimate of drug-likeness (QED) is 0.0146. The second-order valence-corrected chi connectivity index (χ2v) is 20.8. The third-order valence-electron chi connectivity index (χ3n) is 12.9. The topological polar surface area (TPSA) is 192 Å². The minimum Gasteiger partial charge on any atom is -0.457 e. The fourth-order valence-electron chi connectivity index (χ4n) is 8.50. The van der Waals surface area contributed by atoms with Gasteiger partial charge < -0.3 is 39.9 Å². The summed E-state index contributed by atoms with van der Waals surface area (Å²) in [4.78, 5) is 23.3. The van der Waals surface area contributed by atoms with Crippen molar-refractivity contribution in [2.45, 2.75) is 275 Å². The lowest BCUT2D eigenvalue weighted by Crippen LogP contribution is -2.64. The number of hydrogen-bond acceptors (Lipinski definition) is 11. The highest BCUT2D eigenvalue weighted by atomic mass is 31.2. The van der Waals surface area contributed by atoms with E-state index in [1.165, 1.54) is 109 Å². The van der Waals surface area contributed by atoms with Gasteiger partial charge in [0.2, 0.25) is 0 Å². The number of aliphatic hydroxyl groups is 5. The first-order valence-corrected chi connectivity index (χ1v) is 29.6. The summed E-state index contributed by atoms with van der Waals surface area (Å²) < 4.78 is 34.4. The van der Waals surface area contributed by atoms with E-state index in [1.54, 1.807) is 0 Å². The number of allylic oxidation sites excluding steroid dienone is 10. The number of phosphoric ester groups is 1. The van der Waals surface area contributed by atoms with E-state index in [0.29, 0.717) is 13.0 Å². The first kappa shape index (κ1) is 66.1. The van der Waals surface area contributed by atoms with Crippen LogP contribution in [0.2, 0.25) is 0 Å². The molecule has 6 unspecified atom stereocenters. The molecule has 0 radical (unpaired) electrons. The number of hydrogen-bond donors (Lipinski definition) is 6. The number of carbonyl (C=O) groups excluding carboxylic acids is 1. The average molecular weight is 1010 g/mol. The monoisotopic (exact) mass is 1010 g/mol. The summed E-state index contributed by atoms with van der Waals surface area (Å²) in [6.45, 7) is 4.15. The molecule has 6 N–H and O–H groups in total. The minimum absolute atomic E-state index is 0.0867. The van der Waals surface area contributed by atoms with Crippen molar-refractivity contribution < 1.29 is 58.3 Å². The van der Waals surface area contributed by atoms with E-state index < -0.39 is 63.1 Å². The van der Waals surface area contributed by atoms with Gasteiger partial charge in [-0.25, -0.2) is 4.57 Å². The number of phosphoric acid groups is 1. The molecule has 13 heteroatoms. The van der Waals surface area contributed by atoms with Gasteiger partial charge in [0.15, 0.2) is 0 Å². The molecule has 0 aliphatic heterocycles. The standard InChI is InChI=1S/C57H103O12P/c1-3-5-7-9-11-13-15-17-19-21-23-25-27-29-31-33-35-37-39-41-43-45-47-66-48-50(49-67-70(64,65)69-57-55(62)53(60)52(59)54(61)56(57)63)68-51(58)46-44-42-40-38-36-34-32-30-28-26-24-22-20-18-16-14-12-10-8-6-4-2/h5,7,11,13,17,19,23,25,29,31,50,52-57,59-63H,3-4,6,8-10,12,14-16,18,20-22,24,26-28,30,32-49H2,1-2H3,(H,64,65)/b7-5-,13-11-,19-17-,25-23-,31-29-. The summed E-state index contributed by atoms with van der Waals surface area (Å²) in [6, 6.07) is 0. The van der Waals surface area contributed by atoms with E-state index in [-0.39, 0.29) is 13.0 Å². The Morgan fingerprint density at radius 3 is 1.29 bits per heavy atom. The smallest absolute Gasteiger partial charge is 0.457 e. The zero-order valence-corrected chi connectivity index (χ0v) is 45.0. The summed E-state index contributed by atoms with van der Waals surface area (Å²) in [7, 11) is -5.03. The van der Waals surface area contributed by atoms with Crippen LogP contribution in [-0.4, -0.2) is 98.9 Å². The van der Waals surface area contributed by atoms with Gasteiger partial charge >= 0.3 is 13.8 Å². The second-order valence-electron chi connectivity index (χ2n) is 19.4. The van der Waals surface area contributed by atoms with Crippen LogP contribution in [-0.2, 0) is 27.9 Å². The highest BCUT2D eigenvalue weighted by Crippen LogP contribution is 2.47. The molecular formula is C57H103O12P. The van der Waals surface area contributed by atoms with Gasteiger partial charge in [0.05, 0.1) is 13.2 Å². The molecule has 1 rings (SSSR count). The molecule has 0 bridgehead atoms. The lowest BCUT2D eigenvalue weighted by Gasteiger charge is -2.41. The molecule has 0 amide bonds. The fraction of sp³-hybridized carbons (Fsp3) is 0.807. The van der Waals surface area contributed by atoms with Crippen LogP contribution in [0.5, 0.6) is 0 Å². The molecular weight excluding hydrogens is 908 g/mol. The molecule has 1 aliphatic carbocycles. The molecule has 1 saturated carbocycles. The van der Waals surface area contributed by atoms with Gasteiger partial charge in [-0.2, -0.15) is 0 Å². The van der Waals surface area contributed by atoms with Gasteiger partial charge in [-0.1, -0.05) is 229 Å². The van der Waals surface area contributed by atoms with Crippen molar-refractivity contribution in [3.8, 4) is 0 Å². The Kier molecular flexibility index (Phi) is 44.2. The summed E-state index contributed by atoms with van der Waals surface area (Å²) in [5.74, 6) is -0.480. The third-order valence-corrected chi connectivity index (χ3v) is 13.9. The number of rotatable bonds is 48. The van der Waals surface area contributed by atoms with Crippen molar-refractivity contribution in [3.63, 3.8) is 0 Å². The summed E-state index contributed by atoms with van der Waals surface area (Å²) in [5, 5.41) is 50.4. The Balaban J connectivity index is 2.31. The van der Waals surface area contributed by atoms with Crippen LogP contribution in [0.3, 0.4) is 0 Å².